The lowest BCUT2D eigenvalue weighted by atomic mass is 9.76. The van der Waals surface area contributed by atoms with Crippen molar-refractivity contribution in [3.05, 3.63) is 62.5 Å². The number of hydrogen-bond acceptors (Lipinski definition) is 1. The molecule has 110 valence electrons. The predicted molar refractivity (Wildman–Crippen MR) is 87.6 cm³/mol. The topological polar surface area (TPSA) is 12.0 Å². The van der Waals surface area contributed by atoms with Crippen molar-refractivity contribution in [2.45, 2.75) is 24.8 Å². The summed E-state index contributed by atoms with van der Waals surface area (Å²) in [6.45, 7) is 0. The lowest BCUT2D eigenvalue weighted by molar-refractivity contribution is 0.371. The van der Waals surface area contributed by atoms with Gasteiger partial charge in [-0.3, -0.25) is 0 Å². The van der Waals surface area contributed by atoms with Crippen molar-refractivity contribution in [3.8, 4) is 0 Å². The maximum absolute atomic E-state index is 13.8. The zero-order chi connectivity index (χ0) is 15.0. The maximum Gasteiger partial charge on any atom is 0.150 e. The van der Waals surface area contributed by atoms with Crippen LogP contribution in [0.5, 0.6) is 0 Å². The molecule has 1 aliphatic carbocycles. The van der Waals surface area contributed by atoms with Gasteiger partial charge in [-0.1, -0.05) is 34.1 Å². The quantitative estimate of drug-likeness (QED) is 0.661. The molecule has 0 atom stereocenters. The number of hydrogen-bond donors (Lipinski definition) is 1. The smallest absolute Gasteiger partial charge is 0.150 e. The van der Waals surface area contributed by atoms with Gasteiger partial charge >= 0.3 is 0 Å². The van der Waals surface area contributed by atoms with Gasteiger partial charge in [0.25, 0.3) is 0 Å². The van der Waals surface area contributed by atoms with Gasteiger partial charge in [0.05, 0.1) is 5.69 Å². The van der Waals surface area contributed by atoms with Crippen LogP contribution in [0.25, 0.3) is 0 Å². The Labute approximate surface area is 139 Å². The molecule has 1 aliphatic rings. The summed E-state index contributed by atoms with van der Waals surface area (Å²) in [5, 5.41) is 3.16. The Kier molecular flexibility index (Phi) is 4.31. The van der Waals surface area contributed by atoms with Crippen molar-refractivity contribution in [2.24, 2.45) is 0 Å². The summed E-state index contributed by atoms with van der Waals surface area (Å²) < 4.78 is 28.4. The van der Waals surface area contributed by atoms with Crippen molar-refractivity contribution in [1.29, 1.82) is 0 Å². The van der Waals surface area contributed by atoms with Crippen molar-refractivity contribution in [2.75, 3.05) is 5.32 Å². The fourth-order valence-electron chi connectivity index (χ4n) is 2.68. The highest BCUT2D eigenvalue weighted by atomic mass is 79.9. The molecule has 0 saturated heterocycles. The highest BCUT2D eigenvalue weighted by Gasteiger charge is 2.32. The van der Waals surface area contributed by atoms with Crippen LogP contribution >= 0.6 is 31.9 Å². The molecule has 0 aromatic heterocycles. The SMILES string of the molecule is Fc1cc(F)c(NC2CC(c3ccccc3Br)C2)c(Br)c1. The summed E-state index contributed by atoms with van der Waals surface area (Å²) >= 11 is 6.76. The van der Waals surface area contributed by atoms with Crippen LogP contribution in [0.1, 0.15) is 24.3 Å². The van der Waals surface area contributed by atoms with E-state index in [-0.39, 0.29) is 6.04 Å². The molecule has 0 amide bonds. The number of halogens is 4. The third-order valence-corrected chi connectivity index (χ3v) is 5.19. The van der Waals surface area contributed by atoms with Crippen LogP contribution < -0.4 is 5.32 Å². The highest BCUT2D eigenvalue weighted by molar-refractivity contribution is 9.10. The fraction of sp³-hybridized carbons (Fsp3) is 0.250. The monoisotopic (exact) mass is 415 g/mol. The Bertz CT molecular complexity index is 646. The highest BCUT2D eigenvalue weighted by Crippen LogP contribution is 2.42. The minimum atomic E-state index is -0.579. The second-order valence-electron chi connectivity index (χ2n) is 5.28. The lowest BCUT2D eigenvalue weighted by Gasteiger charge is -2.37. The van der Waals surface area contributed by atoms with E-state index in [2.05, 4.69) is 43.2 Å². The summed E-state index contributed by atoms with van der Waals surface area (Å²) in [4.78, 5) is 0. The molecule has 3 rings (SSSR count). The van der Waals surface area contributed by atoms with E-state index in [1.807, 2.05) is 18.2 Å². The molecule has 2 aromatic rings. The van der Waals surface area contributed by atoms with Crippen LogP contribution in [0.3, 0.4) is 0 Å². The summed E-state index contributed by atoms with van der Waals surface area (Å²) in [6, 6.07) is 10.5. The van der Waals surface area contributed by atoms with Gasteiger partial charge < -0.3 is 5.32 Å². The Morgan fingerprint density at radius 3 is 2.38 bits per heavy atom. The predicted octanol–water partition coefficient (Wildman–Crippen LogP) is 5.85. The minimum Gasteiger partial charge on any atom is -0.379 e. The third kappa shape index (κ3) is 3.14. The molecule has 0 aliphatic heterocycles. The number of rotatable bonds is 3. The summed E-state index contributed by atoms with van der Waals surface area (Å²) in [7, 11) is 0. The second-order valence-corrected chi connectivity index (χ2v) is 6.98. The number of nitrogens with one attached hydrogen (secondary N) is 1. The van der Waals surface area contributed by atoms with Gasteiger partial charge in [-0.15, -0.1) is 0 Å². The largest absolute Gasteiger partial charge is 0.379 e. The first-order valence-electron chi connectivity index (χ1n) is 6.70. The molecule has 0 unspecified atom stereocenters. The van der Waals surface area contributed by atoms with Crippen LogP contribution in [0.2, 0.25) is 0 Å². The maximum atomic E-state index is 13.8. The summed E-state index contributed by atoms with van der Waals surface area (Å²) in [5.74, 6) is -0.670. The third-order valence-electron chi connectivity index (χ3n) is 3.84. The average molecular weight is 417 g/mol. The Morgan fingerprint density at radius 2 is 1.71 bits per heavy atom. The van der Waals surface area contributed by atoms with E-state index < -0.39 is 11.6 Å². The molecule has 1 N–H and O–H groups in total. The molecule has 2 aromatic carbocycles. The fourth-order valence-corrected chi connectivity index (χ4v) is 3.81. The first kappa shape index (κ1) is 15.0. The summed E-state index contributed by atoms with van der Waals surface area (Å²) in [5.41, 5.74) is 1.63. The molecule has 1 fully saturated rings. The van der Waals surface area contributed by atoms with Crippen LogP contribution in [-0.2, 0) is 0 Å². The molecular weight excluding hydrogens is 404 g/mol. The van der Waals surface area contributed by atoms with E-state index in [0.717, 1.165) is 23.4 Å². The molecule has 21 heavy (non-hydrogen) atoms. The van der Waals surface area contributed by atoms with Crippen LogP contribution in [0, 0.1) is 11.6 Å². The molecule has 1 nitrogen and oxygen atoms in total. The van der Waals surface area contributed by atoms with Gasteiger partial charge in [0.15, 0.2) is 0 Å². The number of benzene rings is 2. The Morgan fingerprint density at radius 1 is 1.00 bits per heavy atom. The Balaban J connectivity index is 1.67. The second kappa shape index (κ2) is 6.05. The van der Waals surface area contributed by atoms with Crippen molar-refractivity contribution in [1.82, 2.24) is 0 Å². The van der Waals surface area contributed by atoms with E-state index in [1.54, 1.807) is 0 Å². The van der Waals surface area contributed by atoms with Gasteiger partial charge in [-0.2, -0.15) is 0 Å². The molecular formula is C16H13Br2F2N. The molecule has 0 bridgehead atoms. The van der Waals surface area contributed by atoms with Crippen molar-refractivity contribution >= 4 is 37.5 Å². The molecule has 0 radical (unpaired) electrons. The molecule has 0 heterocycles. The molecule has 1 saturated carbocycles. The normalized spacial score (nSPS) is 21.0. The first-order valence-corrected chi connectivity index (χ1v) is 8.28. The van der Waals surface area contributed by atoms with Crippen LogP contribution in [0.4, 0.5) is 14.5 Å². The van der Waals surface area contributed by atoms with Gasteiger partial charge in [0.2, 0.25) is 0 Å². The van der Waals surface area contributed by atoms with Gasteiger partial charge in [0, 0.05) is 21.1 Å². The first-order chi connectivity index (χ1) is 10.0. The van der Waals surface area contributed by atoms with Gasteiger partial charge in [0.1, 0.15) is 11.6 Å². The van der Waals surface area contributed by atoms with Gasteiger partial charge in [-0.25, -0.2) is 8.78 Å². The molecule has 0 spiro atoms. The van der Waals surface area contributed by atoms with Crippen LogP contribution in [-0.4, -0.2) is 6.04 Å². The summed E-state index contributed by atoms with van der Waals surface area (Å²) in [6.07, 6.45) is 1.87. The zero-order valence-electron chi connectivity index (χ0n) is 11.0. The lowest BCUT2D eigenvalue weighted by Crippen LogP contribution is -2.34. The van der Waals surface area contributed by atoms with E-state index in [0.29, 0.717) is 16.1 Å². The number of anilines is 1. The standard InChI is InChI=1S/C16H13Br2F2N/c17-13-4-2-1-3-12(13)9-5-11(6-9)21-16-14(18)7-10(19)8-15(16)20/h1-4,7-9,11,21H,5-6H2. The van der Waals surface area contributed by atoms with E-state index in [4.69, 9.17) is 0 Å². The Hall–Kier alpha value is -0.940. The average Bonchev–Trinajstić information content (AvgIpc) is 2.37. The van der Waals surface area contributed by atoms with Crippen molar-refractivity contribution < 1.29 is 8.78 Å². The van der Waals surface area contributed by atoms with Gasteiger partial charge in [-0.05, 0) is 52.4 Å². The van der Waals surface area contributed by atoms with E-state index in [9.17, 15) is 8.78 Å². The molecule has 5 heteroatoms. The minimum absolute atomic E-state index is 0.207. The zero-order valence-corrected chi connectivity index (χ0v) is 14.2. The van der Waals surface area contributed by atoms with E-state index >= 15 is 0 Å². The van der Waals surface area contributed by atoms with E-state index in [1.165, 1.54) is 11.6 Å². The van der Waals surface area contributed by atoms with Crippen molar-refractivity contribution in [3.63, 3.8) is 0 Å². The van der Waals surface area contributed by atoms with Crippen LogP contribution in [0.15, 0.2) is 45.3 Å².